The molecule has 0 aliphatic rings. The van der Waals surface area contributed by atoms with Gasteiger partial charge in [-0.3, -0.25) is 0 Å². The van der Waals surface area contributed by atoms with Crippen LogP contribution in [0.5, 0.6) is 11.5 Å². The van der Waals surface area contributed by atoms with Crippen LogP contribution in [0.1, 0.15) is 32.4 Å². The van der Waals surface area contributed by atoms with Gasteiger partial charge in [-0.05, 0) is 50.6 Å². The molecule has 0 fully saturated rings. The Hall–Kier alpha value is -1.84. The molecule has 0 amide bonds. The van der Waals surface area contributed by atoms with Crippen LogP contribution in [0, 0.1) is 0 Å². The Labute approximate surface area is 126 Å². The van der Waals surface area contributed by atoms with E-state index in [1.165, 1.54) is 0 Å². The molecule has 3 nitrogen and oxygen atoms in total. The first-order valence-electron chi connectivity index (χ1n) is 7.20. The number of para-hydroxylation sites is 1. The lowest BCUT2D eigenvalue weighted by molar-refractivity contribution is 0.163. The minimum absolute atomic E-state index is 0.0148. The minimum atomic E-state index is -0.552. The SMILES string of the molecule is CC(C)(C)NC[C@H](O)c1cccc(Oc2ccccc2)c1. The van der Waals surface area contributed by atoms with Crippen LogP contribution in [0.3, 0.4) is 0 Å². The van der Waals surface area contributed by atoms with Crippen LogP contribution in [0.2, 0.25) is 0 Å². The van der Waals surface area contributed by atoms with E-state index >= 15 is 0 Å². The second-order valence-corrected chi connectivity index (χ2v) is 6.13. The quantitative estimate of drug-likeness (QED) is 0.875. The molecular weight excluding hydrogens is 262 g/mol. The summed E-state index contributed by atoms with van der Waals surface area (Å²) in [5.74, 6) is 1.52. The Morgan fingerprint density at radius 3 is 2.33 bits per heavy atom. The average Bonchev–Trinajstić information content (AvgIpc) is 2.45. The van der Waals surface area contributed by atoms with Gasteiger partial charge >= 0.3 is 0 Å². The van der Waals surface area contributed by atoms with Crippen molar-refractivity contribution in [3.8, 4) is 11.5 Å². The van der Waals surface area contributed by atoms with Crippen LogP contribution < -0.4 is 10.1 Å². The highest BCUT2D eigenvalue weighted by Gasteiger charge is 2.14. The maximum absolute atomic E-state index is 10.3. The Balaban J connectivity index is 2.03. The molecule has 2 aromatic carbocycles. The molecule has 0 aliphatic carbocycles. The van der Waals surface area contributed by atoms with Crippen LogP contribution in [0.15, 0.2) is 54.6 Å². The van der Waals surface area contributed by atoms with Crippen molar-refractivity contribution >= 4 is 0 Å². The van der Waals surface area contributed by atoms with Crippen molar-refractivity contribution < 1.29 is 9.84 Å². The molecule has 21 heavy (non-hydrogen) atoms. The Morgan fingerprint density at radius 2 is 1.67 bits per heavy atom. The molecule has 112 valence electrons. The van der Waals surface area contributed by atoms with E-state index in [1.54, 1.807) is 0 Å². The van der Waals surface area contributed by atoms with Gasteiger partial charge in [0.05, 0.1) is 6.10 Å². The number of ether oxygens (including phenoxy) is 1. The van der Waals surface area contributed by atoms with Crippen molar-refractivity contribution in [2.75, 3.05) is 6.54 Å². The Morgan fingerprint density at radius 1 is 1.00 bits per heavy atom. The number of β-amino-alcohol motifs (C(OH)–C–C–N with tert-alkyl or cyclic N) is 1. The van der Waals surface area contributed by atoms with Crippen LogP contribution in [0.4, 0.5) is 0 Å². The summed E-state index contributed by atoms with van der Waals surface area (Å²) >= 11 is 0. The van der Waals surface area contributed by atoms with Gasteiger partial charge in [0.1, 0.15) is 11.5 Å². The predicted octanol–water partition coefficient (Wildman–Crippen LogP) is 3.90. The van der Waals surface area contributed by atoms with E-state index in [1.807, 2.05) is 54.6 Å². The third-order valence-corrected chi connectivity index (χ3v) is 3.05. The number of aliphatic hydroxyl groups is 1. The molecule has 0 aliphatic heterocycles. The molecule has 0 saturated carbocycles. The third kappa shape index (κ3) is 5.21. The smallest absolute Gasteiger partial charge is 0.127 e. The van der Waals surface area contributed by atoms with Gasteiger partial charge in [-0.15, -0.1) is 0 Å². The lowest BCUT2D eigenvalue weighted by Crippen LogP contribution is -2.38. The molecule has 0 radical (unpaired) electrons. The minimum Gasteiger partial charge on any atom is -0.457 e. The lowest BCUT2D eigenvalue weighted by atomic mass is 10.1. The van der Waals surface area contributed by atoms with Crippen LogP contribution in [0.25, 0.3) is 0 Å². The number of hydrogen-bond acceptors (Lipinski definition) is 3. The van der Waals surface area contributed by atoms with Crippen molar-refractivity contribution in [2.24, 2.45) is 0 Å². The summed E-state index contributed by atoms with van der Waals surface area (Å²) in [7, 11) is 0. The maximum Gasteiger partial charge on any atom is 0.127 e. The van der Waals surface area contributed by atoms with Crippen LogP contribution >= 0.6 is 0 Å². The zero-order valence-corrected chi connectivity index (χ0v) is 12.8. The zero-order chi connectivity index (χ0) is 15.3. The molecule has 2 N–H and O–H groups in total. The van der Waals surface area contributed by atoms with Crippen molar-refractivity contribution in [1.29, 1.82) is 0 Å². The second-order valence-electron chi connectivity index (χ2n) is 6.13. The lowest BCUT2D eigenvalue weighted by Gasteiger charge is -2.23. The zero-order valence-electron chi connectivity index (χ0n) is 12.8. The molecule has 0 spiro atoms. The van der Waals surface area contributed by atoms with Crippen molar-refractivity contribution in [2.45, 2.75) is 32.4 Å². The van der Waals surface area contributed by atoms with E-state index in [4.69, 9.17) is 4.74 Å². The van der Waals surface area contributed by atoms with E-state index in [9.17, 15) is 5.11 Å². The summed E-state index contributed by atoms with van der Waals surface area (Å²) in [6.45, 7) is 6.75. The highest BCUT2D eigenvalue weighted by atomic mass is 16.5. The van der Waals surface area contributed by atoms with Gasteiger partial charge in [0.25, 0.3) is 0 Å². The van der Waals surface area contributed by atoms with Gasteiger partial charge in [0, 0.05) is 12.1 Å². The van der Waals surface area contributed by atoms with Crippen LogP contribution in [-0.2, 0) is 0 Å². The molecule has 0 unspecified atom stereocenters. The fourth-order valence-electron chi connectivity index (χ4n) is 1.93. The number of rotatable bonds is 5. The van der Waals surface area contributed by atoms with Crippen molar-refractivity contribution in [1.82, 2.24) is 5.32 Å². The third-order valence-electron chi connectivity index (χ3n) is 3.05. The molecule has 1 atom stereocenters. The second kappa shape index (κ2) is 6.74. The summed E-state index contributed by atoms with van der Waals surface area (Å²) in [5.41, 5.74) is 0.833. The summed E-state index contributed by atoms with van der Waals surface area (Å²) in [6.07, 6.45) is -0.552. The molecule has 0 heterocycles. The monoisotopic (exact) mass is 285 g/mol. The Bertz CT molecular complexity index is 561. The van der Waals surface area contributed by atoms with Crippen LogP contribution in [-0.4, -0.2) is 17.2 Å². The normalized spacial score (nSPS) is 13.0. The first kappa shape index (κ1) is 15.5. The highest BCUT2D eigenvalue weighted by Crippen LogP contribution is 2.24. The molecule has 0 saturated heterocycles. The van der Waals surface area contributed by atoms with E-state index < -0.39 is 6.10 Å². The fraction of sp³-hybridized carbons (Fsp3) is 0.333. The fourth-order valence-corrected chi connectivity index (χ4v) is 1.93. The number of aliphatic hydroxyl groups excluding tert-OH is 1. The topological polar surface area (TPSA) is 41.5 Å². The first-order chi connectivity index (χ1) is 9.94. The summed E-state index contributed by atoms with van der Waals surface area (Å²) in [4.78, 5) is 0. The largest absolute Gasteiger partial charge is 0.457 e. The van der Waals surface area contributed by atoms with Crippen molar-refractivity contribution in [3.63, 3.8) is 0 Å². The average molecular weight is 285 g/mol. The maximum atomic E-state index is 10.3. The van der Waals surface area contributed by atoms with E-state index in [2.05, 4.69) is 26.1 Å². The Kier molecular flexibility index (Phi) is 4.99. The molecule has 3 heteroatoms. The standard InChI is InChI=1S/C18H23NO2/c1-18(2,3)19-13-17(20)14-8-7-11-16(12-14)21-15-9-5-4-6-10-15/h4-12,17,19-20H,13H2,1-3H3/t17-/m0/s1. The molecule has 2 aromatic rings. The summed E-state index contributed by atoms with van der Waals surface area (Å²) in [5, 5.41) is 13.6. The van der Waals surface area contributed by atoms with E-state index in [-0.39, 0.29) is 5.54 Å². The number of benzene rings is 2. The van der Waals surface area contributed by atoms with Crippen molar-refractivity contribution in [3.05, 3.63) is 60.2 Å². The van der Waals surface area contributed by atoms with Gasteiger partial charge in [-0.1, -0.05) is 30.3 Å². The molecular formula is C18H23NO2. The van der Waals surface area contributed by atoms with Gasteiger partial charge < -0.3 is 15.2 Å². The van der Waals surface area contributed by atoms with Gasteiger partial charge in [-0.2, -0.15) is 0 Å². The van der Waals surface area contributed by atoms with E-state index in [0.29, 0.717) is 6.54 Å². The molecule has 0 bridgehead atoms. The van der Waals surface area contributed by atoms with Gasteiger partial charge in [0.2, 0.25) is 0 Å². The summed E-state index contributed by atoms with van der Waals surface area (Å²) in [6, 6.07) is 17.2. The first-order valence-corrected chi connectivity index (χ1v) is 7.20. The van der Waals surface area contributed by atoms with Gasteiger partial charge in [0.15, 0.2) is 0 Å². The summed E-state index contributed by atoms with van der Waals surface area (Å²) < 4.78 is 5.78. The predicted molar refractivity (Wildman–Crippen MR) is 85.7 cm³/mol. The van der Waals surface area contributed by atoms with E-state index in [0.717, 1.165) is 17.1 Å². The molecule has 0 aromatic heterocycles. The number of nitrogens with one attached hydrogen (secondary N) is 1. The molecule has 2 rings (SSSR count). The van der Waals surface area contributed by atoms with Gasteiger partial charge in [-0.25, -0.2) is 0 Å². The number of hydrogen-bond donors (Lipinski definition) is 2. The highest BCUT2D eigenvalue weighted by molar-refractivity contribution is 5.34.